The normalized spacial score (nSPS) is 20.3. The van der Waals surface area contributed by atoms with Crippen molar-refractivity contribution in [3.8, 4) is 6.07 Å². The fourth-order valence-electron chi connectivity index (χ4n) is 4.55. The minimum absolute atomic E-state index is 0.0415. The largest absolute Gasteiger partial charge is 0.392 e. The van der Waals surface area contributed by atoms with Crippen molar-refractivity contribution in [2.45, 2.75) is 45.5 Å². The van der Waals surface area contributed by atoms with Crippen LogP contribution in [0.4, 0.5) is 5.82 Å². The summed E-state index contributed by atoms with van der Waals surface area (Å²) in [5.74, 6) is 0.541. The van der Waals surface area contributed by atoms with Gasteiger partial charge in [-0.1, -0.05) is 24.3 Å². The first-order valence-electron chi connectivity index (χ1n) is 10.8. The molecule has 3 heterocycles. The molecule has 0 bridgehead atoms. The quantitative estimate of drug-likeness (QED) is 0.676. The van der Waals surface area contributed by atoms with Crippen molar-refractivity contribution in [1.82, 2.24) is 19.4 Å². The molecule has 0 spiro atoms. The molecule has 32 heavy (non-hydrogen) atoms. The predicted molar refractivity (Wildman–Crippen MR) is 123 cm³/mol. The average molecular weight is 433 g/mol. The summed E-state index contributed by atoms with van der Waals surface area (Å²) in [6.45, 7) is 8.02. The number of benzene rings is 1. The van der Waals surface area contributed by atoms with E-state index in [0.717, 1.165) is 12.1 Å². The van der Waals surface area contributed by atoms with Crippen molar-refractivity contribution >= 4 is 16.9 Å². The third-order valence-electron chi connectivity index (χ3n) is 6.50. The lowest BCUT2D eigenvalue weighted by Crippen LogP contribution is -2.57. The number of aryl methyl sites for hydroxylation is 1. The third kappa shape index (κ3) is 3.85. The fraction of sp³-hybridized carbons (Fsp3) is 0.417. The summed E-state index contributed by atoms with van der Waals surface area (Å²) in [6.07, 6.45) is 0. The number of pyridine rings is 1. The third-order valence-corrected chi connectivity index (χ3v) is 6.50. The Balaban J connectivity index is 1.66. The Labute approximate surface area is 187 Å². The highest BCUT2D eigenvalue weighted by Crippen LogP contribution is 2.31. The number of hydrogen-bond acceptors (Lipinski definition) is 7. The van der Waals surface area contributed by atoms with E-state index in [2.05, 4.69) is 58.7 Å². The monoisotopic (exact) mass is 432 g/mol. The first-order valence-corrected chi connectivity index (χ1v) is 10.8. The number of anilines is 1. The molecule has 1 aliphatic rings. The molecule has 0 saturated carbocycles. The molecular formula is C24H28N6O2. The number of nitrogens with zero attached hydrogens (tertiary/aromatic N) is 6. The molecule has 3 atom stereocenters. The maximum atomic E-state index is 12.6. The zero-order valence-electron chi connectivity index (χ0n) is 18.9. The number of hydrogen-bond donors (Lipinski definition) is 1. The van der Waals surface area contributed by atoms with E-state index in [4.69, 9.17) is 0 Å². The number of aliphatic hydroxyl groups is 1. The first-order chi connectivity index (χ1) is 15.3. The molecule has 8 nitrogen and oxygen atoms in total. The van der Waals surface area contributed by atoms with Gasteiger partial charge in [0.15, 0.2) is 5.82 Å². The Morgan fingerprint density at radius 1 is 1.12 bits per heavy atom. The van der Waals surface area contributed by atoms with Crippen LogP contribution < -0.4 is 10.6 Å². The van der Waals surface area contributed by atoms with Crippen LogP contribution in [0.1, 0.15) is 43.6 Å². The van der Waals surface area contributed by atoms with Gasteiger partial charge in [-0.05, 0) is 44.0 Å². The smallest absolute Gasteiger partial charge is 0.349 e. The lowest BCUT2D eigenvalue weighted by atomic mass is 10.00. The minimum atomic E-state index is -0.335. The van der Waals surface area contributed by atoms with E-state index in [9.17, 15) is 15.2 Å². The molecule has 4 rings (SSSR count). The van der Waals surface area contributed by atoms with Crippen molar-refractivity contribution in [3.63, 3.8) is 0 Å². The van der Waals surface area contributed by atoms with E-state index in [-0.39, 0.29) is 30.4 Å². The summed E-state index contributed by atoms with van der Waals surface area (Å²) >= 11 is 0. The molecule has 166 valence electrons. The van der Waals surface area contributed by atoms with Crippen molar-refractivity contribution < 1.29 is 5.11 Å². The van der Waals surface area contributed by atoms with Gasteiger partial charge in [0, 0.05) is 38.3 Å². The van der Waals surface area contributed by atoms with Crippen LogP contribution in [0.25, 0.3) is 11.0 Å². The second-order valence-electron chi connectivity index (χ2n) is 8.58. The van der Waals surface area contributed by atoms with Gasteiger partial charge in [-0.25, -0.2) is 9.78 Å². The van der Waals surface area contributed by atoms with E-state index < -0.39 is 0 Å². The van der Waals surface area contributed by atoms with Crippen LogP contribution in [0, 0.1) is 11.3 Å². The number of aliphatic hydroxyl groups excluding tert-OH is 1. The molecule has 8 heteroatoms. The maximum absolute atomic E-state index is 12.6. The molecule has 1 fully saturated rings. The van der Waals surface area contributed by atoms with Gasteiger partial charge in [0.25, 0.3) is 0 Å². The van der Waals surface area contributed by atoms with Crippen LogP contribution in [-0.2, 0) is 13.7 Å². The maximum Gasteiger partial charge on any atom is 0.349 e. The molecule has 3 aromatic rings. The topological polar surface area (TPSA) is 98.3 Å². The van der Waals surface area contributed by atoms with Gasteiger partial charge < -0.3 is 10.0 Å². The number of fused-ring (bicyclic) bond motifs is 1. The van der Waals surface area contributed by atoms with E-state index >= 15 is 0 Å². The van der Waals surface area contributed by atoms with Gasteiger partial charge in [0.05, 0.1) is 12.1 Å². The minimum Gasteiger partial charge on any atom is -0.392 e. The molecule has 1 saturated heterocycles. The van der Waals surface area contributed by atoms with Gasteiger partial charge in [0.1, 0.15) is 17.3 Å². The highest BCUT2D eigenvalue weighted by molar-refractivity contribution is 5.86. The number of aromatic nitrogens is 3. The SMILES string of the molecule is CC(c1ccc(CO)cc1)N1C[C@H](C)N(c2nc(=O)n(C)c3ccc(C#N)nc23)C[C@H]1C. The molecule has 1 N–H and O–H groups in total. The van der Waals surface area contributed by atoms with Crippen LogP contribution in [-0.4, -0.2) is 49.7 Å². The Bertz CT molecular complexity index is 1230. The fourth-order valence-corrected chi connectivity index (χ4v) is 4.55. The van der Waals surface area contributed by atoms with Gasteiger partial charge in [-0.3, -0.25) is 9.47 Å². The van der Waals surface area contributed by atoms with Gasteiger partial charge in [-0.2, -0.15) is 10.2 Å². The summed E-state index contributed by atoms with van der Waals surface area (Å²) < 4.78 is 1.47. The van der Waals surface area contributed by atoms with E-state index in [1.165, 1.54) is 10.1 Å². The Hall–Kier alpha value is -3.28. The van der Waals surface area contributed by atoms with Crippen LogP contribution in [0.5, 0.6) is 0 Å². The Morgan fingerprint density at radius 3 is 2.50 bits per heavy atom. The van der Waals surface area contributed by atoms with Gasteiger partial charge in [-0.15, -0.1) is 0 Å². The van der Waals surface area contributed by atoms with Crippen LogP contribution in [0.3, 0.4) is 0 Å². The lowest BCUT2D eigenvalue weighted by molar-refractivity contribution is 0.119. The molecule has 1 aliphatic heterocycles. The van der Waals surface area contributed by atoms with Crippen LogP contribution >= 0.6 is 0 Å². The number of piperazine rings is 1. The molecular weight excluding hydrogens is 404 g/mol. The van der Waals surface area contributed by atoms with Crippen molar-refractivity contribution in [2.75, 3.05) is 18.0 Å². The van der Waals surface area contributed by atoms with Gasteiger partial charge >= 0.3 is 5.69 Å². The van der Waals surface area contributed by atoms with Crippen molar-refractivity contribution in [3.05, 3.63) is 63.7 Å². The summed E-state index contributed by atoms with van der Waals surface area (Å²) in [5.41, 5.74) is 3.31. The molecule has 1 aromatic carbocycles. The average Bonchev–Trinajstić information content (AvgIpc) is 2.82. The van der Waals surface area contributed by atoms with Crippen LogP contribution in [0.2, 0.25) is 0 Å². The molecule has 0 radical (unpaired) electrons. The Kier molecular flexibility index (Phi) is 5.96. The molecule has 1 unspecified atom stereocenters. The van der Waals surface area contributed by atoms with Crippen molar-refractivity contribution in [2.24, 2.45) is 7.05 Å². The highest BCUT2D eigenvalue weighted by atomic mass is 16.3. The van der Waals surface area contributed by atoms with Crippen molar-refractivity contribution in [1.29, 1.82) is 5.26 Å². The Morgan fingerprint density at radius 2 is 1.84 bits per heavy atom. The molecule has 2 aromatic heterocycles. The number of nitriles is 1. The summed E-state index contributed by atoms with van der Waals surface area (Å²) in [6, 6.07) is 14.1. The predicted octanol–water partition coefficient (Wildman–Crippen LogP) is 2.35. The van der Waals surface area contributed by atoms with E-state index in [1.807, 2.05) is 12.1 Å². The molecule has 0 aliphatic carbocycles. The summed E-state index contributed by atoms with van der Waals surface area (Å²) in [5, 5.41) is 18.6. The summed E-state index contributed by atoms with van der Waals surface area (Å²) in [7, 11) is 1.67. The second kappa shape index (κ2) is 8.69. The first kappa shape index (κ1) is 21.9. The molecule has 0 amide bonds. The van der Waals surface area contributed by atoms with Gasteiger partial charge in [0.2, 0.25) is 0 Å². The van der Waals surface area contributed by atoms with E-state index in [1.54, 1.807) is 19.2 Å². The highest BCUT2D eigenvalue weighted by Gasteiger charge is 2.34. The lowest BCUT2D eigenvalue weighted by Gasteiger charge is -2.47. The number of rotatable bonds is 4. The summed E-state index contributed by atoms with van der Waals surface area (Å²) in [4.78, 5) is 26.0. The zero-order valence-corrected chi connectivity index (χ0v) is 18.9. The second-order valence-corrected chi connectivity index (χ2v) is 8.58. The standard InChI is InChI=1S/C24H28N6O2/c1-15-13-30(16(2)12-29(15)17(3)19-7-5-18(14-31)6-8-19)23-22-21(28(4)24(32)27-23)10-9-20(11-25)26-22/h5-10,15-17,31H,12-14H2,1-4H3/t15-,16+,17?/m1/s1. The zero-order chi connectivity index (χ0) is 23.0. The van der Waals surface area contributed by atoms with E-state index in [0.29, 0.717) is 29.1 Å². The van der Waals surface area contributed by atoms with Crippen LogP contribution in [0.15, 0.2) is 41.2 Å².